The molecule has 0 saturated carbocycles. The molecule has 5 N–H and O–H groups in total. The van der Waals surface area contributed by atoms with Crippen molar-refractivity contribution in [2.45, 2.75) is 45.8 Å². The number of aryl methyl sites for hydroxylation is 3. The third-order valence-electron chi connectivity index (χ3n) is 6.41. The highest BCUT2D eigenvalue weighted by Crippen LogP contribution is 2.35. The zero-order valence-electron chi connectivity index (χ0n) is 21.1. The van der Waals surface area contributed by atoms with Gasteiger partial charge in [0, 0.05) is 18.8 Å². The molecule has 1 aliphatic heterocycles. The number of primary amides is 1. The monoisotopic (exact) mass is 521 g/mol. The molecule has 0 radical (unpaired) electrons. The van der Waals surface area contributed by atoms with Crippen LogP contribution in [0.25, 0.3) is 0 Å². The molecule has 194 valence electrons. The van der Waals surface area contributed by atoms with Crippen LogP contribution in [0.15, 0.2) is 42.5 Å². The first-order chi connectivity index (χ1) is 17.7. The fraction of sp³-hybridized carbons (Fsp3) is 0.333. The van der Waals surface area contributed by atoms with Gasteiger partial charge in [0.2, 0.25) is 5.91 Å². The predicted octanol–water partition coefficient (Wildman–Crippen LogP) is 3.43. The van der Waals surface area contributed by atoms with E-state index in [1.54, 1.807) is 0 Å². The van der Waals surface area contributed by atoms with Crippen molar-refractivity contribution < 1.29 is 19.1 Å². The second-order valence-electron chi connectivity index (χ2n) is 9.30. The molecule has 37 heavy (non-hydrogen) atoms. The summed E-state index contributed by atoms with van der Waals surface area (Å²) >= 11 is 0.786. The highest BCUT2D eigenvalue weighted by atomic mass is 32.1. The lowest BCUT2D eigenvalue weighted by atomic mass is 9.99. The first kappa shape index (κ1) is 26.3. The number of carbonyl (C=O) groups is 3. The van der Waals surface area contributed by atoms with E-state index in [4.69, 9.17) is 16.2 Å². The third-order valence-corrected chi connectivity index (χ3v) is 7.26. The average Bonchev–Trinajstić information content (AvgIpc) is 3.52. The van der Waals surface area contributed by atoms with Crippen molar-refractivity contribution in [3.63, 3.8) is 0 Å². The van der Waals surface area contributed by atoms with E-state index in [-0.39, 0.29) is 28.3 Å². The van der Waals surface area contributed by atoms with Gasteiger partial charge in [-0.2, -0.15) is 4.37 Å². The fourth-order valence-electron chi connectivity index (χ4n) is 4.46. The number of nitrogens with zero attached hydrogens (tertiary/aromatic N) is 2. The van der Waals surface area contributed by atoms with Crippen LogP contribution in [0.2, 0.25) is 0 Å². The van der Waals surface area contributed by atoms with Crippen LogP contribution in [0.5, 0.6) is 0 Å². The number of anilines is 2. The van der Waals surface area contributed by atoms with E-state index in [9.17, 15) is 14.4 Å². The summed E-state index contributed by atoms with van der Waals surface area (Å²) in [5, 5.41) is 2.99. The number of hydrogen-bond acceptors (Lipinski definition) is 7. The summed E-state index contributed by atoms with van der Waals surface area (Å²) in [6.45, 7) is 6.79. The highest BCUT2D eigenvalue weighted by Gasteiger charge is 2.37. The summed E-state index contributed by atoms with van der Waals surface area (Å²) in [6, 6.07) is 12.1. The number of nitrogen functional groups attached to an aromatic ring is 1. The number of rotatable bonds is 8. The standard InChI is InChI=1S/C27H31N5O4S/c1-15-6-9-18(10-7-15)23(26(34)30-14-19-5-4-12-36-19)32(20-11-8-16(2)13-17(20)3)27(35)24-21(28)22(25(29)33)31-37-24/h6-11,13,19,23H,4-5,12,14,28H2,1-3H3,(H2,29,33)(H,30,34). The second-order valence-corrected chi connectivity index (χ2v) is 10.1. The molecule has 1 aromatic heterocycles. The quantitative estimate of drug-likeness (QED) is 0.415. The first-order valence-electron chi connectivity index (χ1n) is 12.1. The molecule has 4 rings (SSSR count). The molecule has 2 aromatic carbocycles. The normalized spacial score (nSPS) is 15.8. The number of nitrogens with one attached hydrogen (secondary N) is 1. The minimum Gasteiger partial charge on any atom is -0.395 e. The van der Waals surface area contributed by atoms with Crippen LogP contribution in [0.3, 0.4) is 0 Å². The van der Waals surface area contributed by atoms with Crippen molar-refractivity contribution in [3.05, 3.63) is 75.3 Å². The lowest BCUT2D eigenvalue weighted by Crippen LogP contribution is -2.46. The molecule has 2 unspecified atom stereocenters. The Balaban J connectivity index is 1.84. The SMILES string of the molecule is Cc1ccc(C(C(=O)NCC2CCCO2)N(C(=O)c2snc(C(N)=O)c2N)c2ccc(C)cc2C)cc1. The predicted molar refractivity (Wildman–Crippen MR) is 144 cm³/mol. The molecule has 3 amide bonds. The van der Waals surface area contributed by atoms with Crippen molar-refractivity contribution in [3.8, 4) is 0 Å². The van der Waals surface area contributed by atoms with E-state index >= 15 is 0 Å². The third kappa shape index (κ3) is 5.65. The molecule has 2 heterocycles. The van der Waals surface area contributed by atoms with Gasteiger partial charge in [0.15, 0.2) is 5.69 Å². The molecule has 0 bridgehead atoms. The summed E-state index contributed by atoms with van der Waals surface area (Å²) < 4.78 is 9.68. The van der Waals surface area contributed by atoms with Gasteiger partial charge in [-0.3, -0.25) is 19.3 Å². The Morgan fingerprint density at radius 1 is 1.14 bits per heavy atom. The lowest BCUT2D eigenvalue weighted by Gasteiger charge is -2.32. The maximum Gasteiger partial charge on any atom is 0.273 e. The van der Waals surface area contributed by atoms with E-state index < -0.39 is 17.9 Å². The molecule has 1 saturated heterocycles. The smallest absolute Gasteiger partial charge is 0.273 e. The van der Waals surface area contributed by atoms with Crippen molar-refractivity contribution >= 4 is 40.6 Å². The molecule has 10 heteroatoms. The Kier molecular flexibility index (Phi) is 7.89. The van der Waals surface area contributed by atoms with Gasteiger partial charge in [0.05, 0.1) is 11.8 Å². The van der Waals surface area contributed by atoms with Crippen LogP contribution < -0.4 is 21.7 Å². The van der Waals surface area contributed by atoms with E-state index in [1.165, 1.54) is 4.90 Å². The second kappa shape index (κ2) is 11.1. The van der Waals surface area contributed by atoms with E-state index in [0.717, 1.165) is 41.1 Å². The molecule has 1 aliphatic rings. The number of hydrogen-bond donors (Lipinski definition) is 3. The average molecular weight is 522 g/mol. The Labute approximate surface area is 220 Å². The lowest BCUT2D eigenvalue weighted by molar-refractivity contribution is -0.123. The van der Waals surface area contributed by atoms with Crippen molar-refractivity contribution in [1.29, 1.82) is 0 Å². The fourth-order valence-corrected chi connectivity index (χ4v) is 5.21. The molecular formula is C27H31N5O4S. The van der Waals surface area contributed by atoms with Crippen LogP contribution in [0, 0.1) is 20.8 Å². The minimum atomic E-state index is -1.02. The maximum absolute atomic E-state index is 14.1. The van der Waals surface area contributed by atoms with Crippen molar-refractivity contribution in [2.24, 2.45) is 5.73 Å². The van der Waals surface area contributed by atoms with Gasteiger partial charge in [0.1, 0.15) is 10.9 Å². The Hall–Kier alpha value is -3.76. The Morgan fingerprint density at radius 3 is 2.43 bits per heavy atom. The summed E-state index contributed by atoms with van der Waals surface area (Å²) in [6.07, 6.45) is 1.74. The molecule has 0 aliphatic carbocycles. The van der Waals surface area contributed by atoms with Gasteiger partial charge >= 0.3 is 0 Å². The van der Waals surface area contributed by atoms with Crippen LogP contribution in [0.1, 0.15) is 61.3 Å². The van der Waals surface area contributed by atoms with E-state index in [0.29, 0.717) is 24.4 Å². The molecule has 9 nitrogen and oxygen atoms in total. The number of aromatic nitrogens is 1. The Morgan fingerprint density at radius 2 is 1.84 bits per heavy atom. The number of benzene rings is 2. The Bertz CT molecular complexity index is 1310. The van der Waals surface area contributed by atoms with Crippen molar-refractivity contribution in [1.82, 2.24) is 9.69 Å². The molecule has 3 aromatic rings. The van der Waals surface area contributed by atoms with Crippen LogP contribution in [-0.2, 0) is 9.53 Å². The summed E-state index contributed by atoms with van der Waals surface area (Å²) in [7, 11) is 0. The van der Waals surface area contributed by atoms with Crippen LogP contribution in [-0.4, -0.2) is 41.4 Å². The molecule has 2 atom stereocenters. The number of amides is 3. The minimum absolute atomic E-state index is 0.0396. The molecular weight excluding hydrogens is 490 g/mol. The van der Waals surface area contributed by atoms with Crippen molar-refractivity contribution in [2.75, 3.05) is 23.8 Å². The molecule has 1 fully saturated rings. The van der Waals surface area contributed by atoms with Gasteiger partial charge in [-0.05, 0) is 62.3 Å². The summed E-state index contributed by atoms with van der Waals surface area (Å²) in [5.41, 5.74) is 15.3. The van der Waals surface area contributed by atoms with Gasteiger partial charge in [-0.1, -0.05) is 47.5 Å². The number of ether oxygens (including phenoxy) is 1. The van der Waals surface area contributed by atoms with Gasteiger partial charge in [-0.15, -0.1) is 0 Å². The summed E-state index contributed by atoms with van der Waals surface area (Å²) in [5.74, 6) is -1.73. The van der Waals surface area contributed by atoms with Gasteiger partial charge in [0.25, 0.3) is 11.8 Å². The summed E-state index contributed by atoms with van der Waals surface area (Å²) in [4.78, 5) is 41.2. The zero-order valence-corrected chi connectivity index (χ0v) is 21.9. The van der Waals surface area contributed by atoms with E-state index in [2.05, 4.69) is 9.69 Å². The van der Waals surface area contributed by atoms with Gasteiger partial charge in [-0.25, -0.2) is 0 Å². The van der Waals surface area contributed by atoms with E-state index in [1.807, 2.05) is 63.2 Å². The largest absolute Gasteiger partial charge is 0.395 e. The number of carbonyl (C=O) groups excluding carboxylic acids is 3. The van der Waals surface area contributed by atoms with Gasteiger partial charge < -0.3 is 21.5 Å². The first-order valence-corrected chi connectivity index (χ1v) is 12.9. The highest BCUT2D eigenvalue weighted by molar-refractivity contribution is 7.09. The topological polar surface area (TPSA) is 141 Å². The number of nitrogens with two attached hydrogens (primary N) is 2. The van der Waals surface area contributed by atoms with Crippen LogP contribution in [0.4, 0.5) is 11.4 Å². The van der Waals surface area contributed by atoms with Crippen LogP contribution >= 0.6 is 11.5 Å². The zero-order chi connectivity index (χ0) is 26.7. The molecule has 0 spiro atoms. The maximum atomic E-state index is 14.1.